The Balaban J connectivity index is 1.94. The Morgan fingerprint density at radius 1 is 1.23 bits per heavy atom. The number of aryl methyl sites for hydroxylation is 1. The molecule has 0 N–H and O–H groups in total. The molecule has 0 amide bonds. The number of aliphatic imine (C=N–C) groups is 1. The molecule has 0 fully saturated rings. The van der Waals surface area contributed by atoms with E-state index in [9.17, 15) is 4.79 Å². The van der Waals surface area contributed by atoms with Crippen LogP contribution in [0.5, 0.6) is 11.5 Å². The first-order valence-corrected chi connectivity index (χ1v) is 11.5. The molecule has 3 rings (SSSR count). The summed E-state index contributed by atoms with van der Waals surface area (Å²) in [4.78, 5) is 16.8. The van der Waals surface area contributed by atoms with Crippen LogP contribution in [0.25, 0.3) is 6.08 Å². The molecule has 158 valence electrons. The van der Waals surface area contributed by atoms with Crippen LogP contribution in [0.3, 0.4) is 0 Å². The molecule has 0 aromatic heterocycles. The molecule has 2 aromatic carbocycles. The number of benzene rings is 2. The molecule has 2 aromatic rings. The molecule has 0 saturated heterocycles. The van der Waals surface area contributed by atoms with Crippen LogP contribution < -0.4 is 9.47 Å². The molecule has 5 nitrogen and oxygen atoms in total. The van der Waals surface area contributed by atoms with Gasteiger partial charge in [0, 0.05) is 9.13 Å². The molecule has 0 radical (unpaired) electrons. The highest BCUT2D eigenvalue weighted by atomic mass is 127. The smallest absolute Gasteiger partial charge is 0.363 e. The third kappa shape index (κ3) is 5.43. The minimum Gasteiger partial charge on any atom is -0.490 e. The number of carbonyl (C=O) groups is 1. The van der Waals surface area contributed by atoms with Crippen molar-refractivity contribution in [3.05, 3.63) is 60.8 Å². The molecule has 0 bridgehead atoms. The SMILES string of the molecule is CCOc1cc(/C=C2\N=C(c3ccc(I)c(C)c3)OC2=O)cc(Br)c1OCC(C)C. The van der Waals surface area contributed by atoms with Crippen LogP contribution in [0.4, 0.5) is 0 Å². The van der Waals surface area contributed by atoms with Crippen molar-refractivity contribution in [1.82, 2.24) is 0 Å². The van der Waals surface area contributed by atoms with Gasteiger partial charge in [-0.05, 0) is 106 Å². The fourth-order valence-corrected chi connectivity index (χ4v) is 3.70. The van der Waals surface area contributed by atoms with Gasteiger partial charge in [-0.2, -0.15) is 0 Å². The Morgan fingerprint density at radius 2 is 2.00 bits per heavy atom. The summed E-state index contributed by atoms with van der Waals surface area (Å²) in [7, 11) is 0. The molecule has 30 heavy (non-hydrogen) atoms. The lowest BCUT2D eigenvalue weighted by molar-refractivity contribution is -0.129. The van der Waals surface area contributed by atoms with Crippen molar-refractivity contribution < 1.29 is 19.0 Å². The highest BCUT2D eigenvalue weighted by molar-refractivity contribution is 14.1. The van der Waals surface area contributed by atoms with Crippen molar-refractivity contribution in [1.29, 1.82) is 0 Å². The molecule has 7 heteroatoms. The molecular weight excluding hydrogens is 561 g/mol. The molecule has 0 unspecified atom stereocenters. The van der Waals surface area contributed by atoms with Gasteiger partial charge < -0.3 is 14.2 Å². The summed E-state index contributed by atoms with van der Waals surface area (Å²) in [5, 5.41) is 0. The highest BCUT2D eigenvalue weighted by Crippen LogP contribution is 2.38. The lowest BCUT2D eigenvalue weighted by Crippen LogP contribution is -2.07. The standard InChI is InChI=1S/C23H23BrINO4/c1-5-28-20-11-15(9-17(24)21(20)29-12-13(2)3)10-19-23(27)30-22(26-19)16-6-7-18(25)14(4)8-16/h6-11,13H,5,12H2,1-4H3/b19-10-. The molecule has 0 saturated carbocycles. The first-order valence-electron chi connectivity index (χ1n) is 9.66. The molecule has 0 atom stereocenters. The summed E-state index contributed by atoms with van der Waals surface area (Å²) < 4.78 is 19.0. The maximum Gasteiger partial charge on any atom is 0.363 e. The topological polar surface area (TPSA) is 57.1 Å². The molecule has 0 aliphatic carbocycles. The third-order valence-corrected chi connectivity index (χ3v) is 6.02. The minimum atomic E-state index is -0.476. The van der Waals surface area contributed by atoms with Gasteiger partial charge in [-0.1, -0.05) is 13.8 Å². The summed E-state index contributed by atoms with van der Waals surface area (Å²) in [6, 6.07) is 9.55. The Kier molecular flexibility index (Phi) is 7.57. The highest BCUT2D eigenvalue weighted by Gasteiger charge is 2.25. The zero-order chi connectivity index (χ0) is 21.8. The Labute approximate surface area is 198 Å². The molecule has 1 aliphatic heterocycles. The van der Waals surface area contributed by atoms with Crippen LogP contribution >= 0.6 is 38.5 Å². The lowest BCUT2D eigenvalue weighted by atomic mass is 10.1. The fraction of sp³-hybridized carbons (Fsp3) is 0.304. The number of cyclic esters (lactones) is 1. The maximum atomic E-state index is 12.4. The second kappa shape index (κ2) is 9.96. The van der Waals surface area contributed by atoms with Crippen LogP contribution in [-0.4, -0.2) is 25.1 Å². The van der Waals surface area contributed by atoms with Gasteiger partial charge >= 0.3 is 5.97 Å². The summed E-state index contributed by atoms with van der Waals surface area (Å²) in [6.07, 6.45) is 1.69. The van der Waals surface area contributed by atoms with E-state index < -0.39 is 5.97 Å². The van der Waals surface area contributed by atoms with E-state index in [2.05, 4.69) is 57.4 Å². The predicted octanol–water partition coefficient (Wildman–Crippen LogP) is 6.14. The number of hydrogen-bond acceptors (Lipinski definition) is 5. The number of esters is 1. The van der Waals surface area contributed by atoms with E-state index in [1.165, 1.54) is 0 Å². The molecule has 1 heterocycles. The van der Waals surface area contributed by atoms with Crippen LogP contribution in [0.1, 0.15) is 37.5 Å². The Hall–Kier alpha value is -1.87. The van der Waals surface area contributed by atoms with E-state index in [1.807, 2.05) is 44.2 Å². The van der Waals surface area contributed by atoms with Crippen molar-refractivity contribution >= 4 is 56.5 Å². The van der Waals surface area contributed by atoms with Crippen molar-refractivity contribution in [3.8, 4) is 11.5 Å². The third-order valence-electron chi connectivity index (χ3n) is 4.22. The average molecular weight is 584 g/mol. The average Bonchev–Trinajstić information content (AvgIpc) is 3.04. The zero-order valence-electron chi connectivity index (χ0n) is 17.3. The van der Waals surface area contributed by atoms with Crippen molar-refractivity contribution in [3.63, 3.8) is 0 Å². The monoisotopic (exact) mass is 583 g/mol. The van der Waals surface area contributed by atoms with E-state index in [0.29, 0.717) is 36.5 Å². The van der Waals surface area contributed by atoms with E-state index in [4.69, 9.17) is 14.2 Å². The molecule has 0 spiro atoms. The first kappa shape index (κ1) is 22.8. The summed E-state index contributed by atoms with van der Waals surface area (Å²) >= 11 is 5.83. The maximum absolute atomic E-state index is 12.4. The number of halogens is 2. The predicted molar refractivity (Wildman–Crippen MR) is 130 cm³/mol. The van der Waals surface area contributed by atoms with Crippen molar-refractivity contribution in [2.24, 2.45) is 10.9 Å². The van der Waals surface area contributed by atoms with Crippen molar-refractivity contribution in [2.75, 3.05) is 13.2 Å². The number of rotatable bonds is 7. The van der Waals surface area contributed by atoms with Gasteiger partial charge in [0.1, 0.15) is 0 Å². The van der Waals surface area contributed by atoms with Gasteiger partial charge in [0.2, 0.25) is 5.90 Å². The number of nitrogens with zero attached hydrogens (tertiary/aromatic N) is 1. The Morgan fingerprint density at radius 3 is 2.67 bits per heavy atom. The first-order chi connectivity index (χ1) is 14.3. The Bertz CT molecular complexity index is 1030. The largest absolute Gasteiger partial charge is 0.490 e. The van der Waals surface area contributed by atoms with Gasteiger partial charge in [-0.15, -0.1) is 0 Å². The van der Waals surface area contributed by atoms with Crippen LogP contribution in [0.2, 0.25) is 0 Å². The van der Waals surface area contributed by atoms with E-state index in [1.54, 1.807) is 6.08 Å². The minimum absolute atomic E-state index is 0.242. The van der Waals surface area contributed by atoms with Crippen molar-refractivity contribution in [2.45, 2.75) is 27.7 Å². The van der Waals surface area contributed by atoms with Gasteiger partial charge in [0.05, 0.1) is 17.7 Å². The number of hydrogen-bond donors (Lipinski definition) is 0. The number of carbonyl (C=O) groups excluding carboxylic acids is 1. The van der Waals surface area contributed by atoms with E-state index in [0.717, 1.165) is 24.7 Å². The van der Waals surface area contributed by atoms with Crippen LogP contribution in [0, 0.1) is 16.4 Å². The summed E-state index contributed by atoms with van der Waals surface area (Å²) in [6.45, 7) is 9.18. The summed E-state index contributed by atoms with van der Waals surface area (Å²) in [5.74, 6) is 1.49. The quantitative estimate of drug-likeness (QED) is 0.223. The van der Waals surface area contributed by atoms with Crippen LogP contribution in [0.15, 0.2) is 45.5 Å². The number of ether oxygens (including phenoxy) is 3. The van der Waals surface area contributed by atoms with Gasteiger partial charge in [0.25, 0.3) is 0 Å². The second-order valence-corrected chi connectivity index (χ2v) is 9.28. The normalized spacial score (nSPS) is 14.8. The second-order valence-electron chi connectivity index (χ2n) is 7.27. The van der Waals surface area contributed by atoms with E-state index in [-0.39, 0.29) is 5.70 Å². The van der Waals surface area contributed by atoms with Gasteiger partial charge in [0.15, 0.2) is 17.2 Å². The van der Waals surface area contributed by atoms with Gasteiger partial charge in [-0.25, -0.2) is 9.79 Å². The summed E-state index contributed by atoms with van der Waals surface area (Å²) in [5.41, 5.74) is 2.88. The van der Waals surface area contributed by atoms with Crippen LogP contribution in [-0.2, 0) is 9.53 Å². The molecule has 1 aliphatic rings. The fourth-order valence-electron chi connectivity index (χ4n) is 2.79. The van der Waals surface area contributed by atoms with Gasteiger partial charge in [-0.3, -0.25) is 0 Å². The van der Waals surface area contributed by atoms with E-state index >= 15 is 0 Å². The zero-order valence-corrected chi connectivity index (χ0v) is 21.0. The molecular formula is C23H23BrINO4. The lowest BCUT2D eigenvalue weighted by Gasteiger charge is -2.16.